The van der Waals surface area contributed by atoms with E-state index in [0.29, 0.717) is 24.5 Å². The molecular formula is C18H27N3O4. The van der Waals surface area contributed by atoms with Crippen molar-refractivity contribution in [2.24, 2.45) is 0 Å². The maximum atomic E-state index is 12.4. The number of unbranched alkanes of at least 4 members (excludes halogenated alkanes) is 1. The first-order valence-corrected chi connectivity index (χ1v) is 8.79. The molecule has 1 unspecified atom stereocenters. The molecule has 0 aliphatic carbocycles. The maximum Gasteiger partial charge on any atom is 0.411 e. The van der Waals surface area contributed by atoms with Crippen LogP contribution in [0, 0.1) is 6.54 Å². The van der Waals surface area contributed by atoms with Gasteiger partial charge in [0.05, 0.1) is 12.3 Å². The summed E-state index contributed by atoms with van der Waals surface area (Å²) in [7, 11) is 0. The minimum Gasteiger partial charge on any atom is -0.461 e. The highest BCUT2D eigenvalue weighted by Crippen LogP contribution is 2.35. The number of H-pyrrole nitrogens is 1. The maximum absolute atomic E-state index is 12.4. The second-order valence-corrected chi connectivity index (χ2v) is 7.12. The Hall–Kier alpha value is -2.05. The molecule has 0 bridgehead atoms. The van der Waals surface area contributed by atoms with E-state index in [4.69, 9.17) is 9.47 Å². The normalized spacial score (nSPS) is 17.2. The van der Waals surface area contributed by atoms with E-state index in [1.807, 2.05) is 20.8 Å². The molecule has 0 spiro atoms. The van der Waals surface area contributed by atoms with Crippen molar-refractivity contribution in [3.05, 3.63) is 23.5 Å². The van der Waals surface area contributed by atoms with Crippen LogP contribution in [0.25, 0.3) is 0 Å². The number of fused-ring (bicyclic) bond motifs is 1. The molecule has 1 aromatic heterocycles. The van der Waals surface area contributed by atoms with Crippen LogP contribution >= 0.6 is 0 Å². The van der Waals surface area contributed by atoms with Gasteiger partial charge in [-0.1, -0.05) is 19.8 Å². The van der Waals surface area contributed by atoms with Crippen molar-refractivity contribution in [1.82, 2.24) is 15.1 Å². The van der Waals surface area contributed by atoms with Gasteiger partial charge in [-0.3, -0.25) is 10.00 Å². The number of ether oxygens (including phenoxy) is 2. The number of rotatable bonds is 5. The first kappa shape index (κ1) is 19.3. The average Bonchev–Trinajstić information content (AvgIpc) is 2.95. The van der Waals surface area contributed by atoms with Crippen LogP contribution in [-0.4, -0.2) is 45.9 Å². The number of aromatic nitrogens is 2. The van der Waals surface area contributed by atoms with Crippen LogP contribution in [0.4, 0.5) is 4.79 Å². The number of esters is 1. The van der Waals surface area contributed by atoms with Gasteiger partial charge >= 0.3 is 12.1 Å². The van der Waals surface area contributed by atoms with Crippen LogP contribution in [0.3, 0.4) is 0 Å². The smallest absolute Gasteiger partial charge is 0.411 e. The molecule has 0 fully saturated rings. The molecule has 1 amide bonds. The van der Waals surface area contributed by atoms with Crippen molar-refractivity contribution in [3.8, 4) is 0 Å². The molecule has 25 heavy (non-hydrogen) atoms. The fourth-order valence-corrected chi connectivity index (χ4v) is 2.80. The van der Waals surface area contributed by atoms with Gasteiger partial charge in [-0.15, -0.1) is 0 Å². The summed E-state index contributed by atoms with van der Waals surface area (Å²) < 4.78 is 10.5. The summed E-state index contributed by atoms with van der Waals surface area (Å²) in [5.41, 5.74) is 1.03. The largest absolute Gasteiger partial charge is 0.461 e. The molecule has 0 saturated heterocycles. The molecule has 7 heteroatoms. The Labute approximate surface area is 149 Å². The first-order valence-electron chi connectivity index (χ1n) is 8.79. The monoisotopic (exact) mass is 349 g/mol. The lowest BCUT2D eigenvalue weighted by Crippen LogP contribution is -2.40. The van der Waals surface area contributed by atoms with E-state index in [1.54, 1.807) is 6.92 Å². The second kappa shape index (κ2) is 7.89. The number of aromatic amines is 1. The second-order valence-electron chi connectivity index (χ2n) is 7.12. The topological polar surface area (TPSA) is 84.5 Å². The molecule has 0 aromatic carbocycles. The number of nitrogens with one attached hydrogen (secondary N) is 1. The van der Waals surface area contributed by atoms with E-state index in [9.17, 15) is 9.59 Å². The molecule has 1 aromatic rings. The Morgan fingerprint density at radius 2 is 2.08 bits per heavy atom. The fraction of sp³-hybridized carbons (Fsp3) is 0.667. The minimum atomic E-state index is -0.584. The fourth-order valence-electron chi connectivity index (χ4n) is 2.80. The summed E-state index contributed by atoms with van der Waals surface area (Å²) in [5, 5.41) is 6.91. The summed E-state index contributed by atoms with van der Waals surface area (Å²) in [4.78, 5) is 26.0. The number of hydrogen-bond acceptors (Lipinski definition) is 5. The molecular weight excluding hydrogens is 322 g/mol. The Kier molecular flexibility index (Phi) is 6.08. The van der Waals surface area contributed by atoms with Crippen LogP contribution in [0.15, 0.2) is 0 Å². The predicted molar refractivity (Wildman–Crippen MR) is 92.1 cm³/mol. The number of hydrogen-bond donors (Lipinski definition) is 1. The highest BCUT2D eigenvalue weighted by molar-refractivity contribution is 5.90. The molecule has 2 heterocycles. The lowest BCUT2D eigenvalue weighted by molar-refractivity contribution is 0.0289. The van der Waals surface area contributed by atoms with Crippen molar-refractivity contribution in [1.29, 1.82) is 0 Å². The van der Waals surface area contributed by atoms with E-state index in [-0.39, 0.29) is 5.92 Å². The Bertz CT molecular complexity index is 618. The molecule has 0 saturated carbocycles. The van der Waals surface area contributed by atoms with Gasteiger partial charge in [0.25, 0.3) is 0 Å². The van der Waals surface area contributed by atoms with Crippen molar-refractivity contribution < 1.29 is 19.1 Å². The van der Waals surface area contributed by atoms with Crippen LogP contribution in [0.5, 0.6) is 0 Å². The van der Waals surface area contributed by atoms with Gasteiger partial charge in [-0.25, -0.2) is 9.59 Å². The van der Waals surface area contributed by atoms with Gasteiger partial charge in [0.1, 0.15) is 11.3 Å². The third-order valence-corrected chi connectivity index (χ3v) is 3.86. The zero-order valence-electron chi connectivity index (χ0n) is 15.6. The van der Waals surface area contributed by atoms with Crippen molar-refractivity contribution in [3.63, 3.8) is 0 Å². The Morgan fingerprint density at radius 3 is 2.68 bits per heavy atom. The number of carbonyl (C=O) groups excluding carboxylic acids is 2. The van der Waals surface area contributed by atoms with E-state index in [0.717, 1.165) is 24.8 Å². The van der Waals surface area contributed by atoms with Gasteiger partial charge in [0.2, 0.25) is 0 Å². The highest BCUT2D eigenvalue weighted by Gasteiger charge is 2.36. The van der Waals surface area contributed by atoms with Gasteiger partial charge < -0.3 is 9.47 Å². The van der Waals surface area contributed by atoms with Crippen LogP contribution in [0.1, 0.15) is 81.5 Å². The van der Waals surface area contributed by atoms with Gasteiger partial charge in [-0.05, 0) is 34.1 Å². The lowest BCUT2D eigenvalue weighted by atomic mass is 9.88. The third-order valence-electron chi connectivity index (χ3n) is 3.86. The van der Waals surface area contributed by atoms with Crippen molar-refractivity contribution in [2.75, 3.05) is 13.2 Å². The molecule has 1 aliphatic rings. The zero-order chi connectivity index (χ0) is 18.6. The molecule has 138 valence electrons. The van der Waals surface area contributed by atoms with Crippen LogP contribution in [-0.2, 0) is 9.47 Å². The average molecular weight is 349 g/mol. The third kappa shape index (κ3) is 4.74. The van der Waals surface area contributed by atoms with Gasteiger partial charge in [0.15, 0.2) is 6.54 Å². The molecule has 1 atom stereocenters. The number of carbonyl (C=O) groups is 2. The van der Waals surface area contributed by atoms with Gasteiger partial charge in [-0.2, -0.15) is 5.10 Å². The Balaban J connectivity index is 2.27. The lowest BCUT2D eigenvalue weighted by Gasteiger charge is -2.33. The quantitative estimate of drug-likeness (QED) is 0.823. The summed E-state index contributed by atoms with van der Waals surface area (Å²) in [6, 6.07) is 0. The number of amides is 1. The van der Waals surface area contributed by atoms with Crippen LogP contribution in [0.2, 0.25) is 0 Å². The van der Waals surface area contributed by atoms with E-state index in [2.05, 4.69) is 23.7 Å². The molecule has 1 N–H and O–H groups in total. The minimum absolute atomic E-state index is 0.0122. The van der Waals surface area contributed by atoms with E-state index in [1.165, 1.54) is 4.90 Å². The van der Waals surface area contributed by atoms with Crippen molar-refractivity contribution >= 4 is 12.1 Å². The van der Waals surface area contributed by atoms with Gasteiger partial charge in [0, 0.05) is 18.0 Å². The highest BCUT2D eigenvalue weighted by atomic mass is 16.6. The predicted octanol–water partition coefficient (Wildman–Crippen LogP) is 3.50. The molecule has 7 nitrogen and oxygen atoms in total. The summed E-state index contributed by atoms with van der Waals surface area (Å²) in [5.74, 6) is -0.438. The number of nitrogens with zero attached hydrogens (tertiary/aromatic N) is 2. The first-order chi connectivity index (χ1) is 11.8. The summed E-state index contributed by atoms with van der Waals surface area (Å²) >= 11 is 0. The summed E-state index contributed by atoms with van der Waals surface area (Å²) in [6.45, 7) is 13.0. The van der Waals surface area contributed by atoms with Crippen molar-refractivity contribution in [2.45, 2.75) is 65.4 Å². The SMILES string of the molecule is CCCCC1CN(C(=O)OC(C)(C)C)[C]c2n[nH]c(C(=O)OCC)c21. The molecule has 1 aliphatic heterocycles. The Morgan fingerprint density at radius 1 is 1.36 bits per heavy atom. The van der Waals surface area contributed by atoms with E-state index < -0.39 is 17.7 Å². The zero-order valence-corrected chi connectivity index (χ0v) is 15.6. The van der Waals surface area contributed by atoms with Crippen LogP contribution < -0.4 is 0 Å². The summed E-state index contributed by atoms with van der Waals surface area (Å²) in [6.07, 6.45) is 2.40. The molecule has 2 rings (SSSR count). The van der Waals surface area contributed by atoms with E-state index >= 15 is 0 Å². The standard InChI is InChI=1S/C18H27N3O4/c1-6-8-9-12-10-21(17(23)25-18(3,4)5)11-13-14(12)15(20-19-13)16(22)24-7-2/h12H,6-10H2,1-5H3,(H,19,20). The molecule has 2 radical (unpaired) electrons.